The van der Waals surface area contributed by atoms with Crippen LogP contribution in [0, 0.1) is 5.41 Å². The Morgan fingerprint density at radius 1 is 1.16 bits per heavy atom. The van der Waals surface area contributed by atoms with E-state index in [0.717, 1.165) is 36.8 Å². The van der Waals surface area contributed by atoms with E-state index in [2.05, 4.69) is 13.8 Å². The van der Waals surface area contributed by atoms with E-state index in [1.807, 2.05) is 0 Å². The van der Waals surface area contributed by atoms with E-state index in [-0.39, 0.29) is 11.4 Å². The third-order valence-electron chi connectivity index (χ3n) is 4.77. The van der Waals surface area contributed by atoms with Gasteiger partial charge in [-0.2, -0.15) is 0 Å². The molecule has 1 fully saturated rings. The summed E-state index contributed by atoms with van der Waals surface area (Å²) in [5.41, 5.74) is 3.24. The molecule has 0 aromatic carbocycles. The molecule has 1 atom stereocenters. The fourth-order valence-electron chi connectivity index (χ4n) is 3.57. The Balaban J connectivity index is 2.08. The highest BCUT2D eigenvalue weighted by atomic mass is 16.5. The van der Waals surface area contributed by atoms with Crippen LogP contribution in [0.1, 0.15) is 46.0 Å². The van der Waals surface area contributed by atoms with Crippen LogP contribution in [-0.2, 0) is 14.3 Å². The second-order valence-corrected chi connectivity index (χ2v) is 5.81. The van der Waals surface area contributed by atoms with Gasteiger partial charge in [-0.15, -0.1) is 0 Å². The maximum absolute atomic E-state index is 12.2. The molecule has 19 heavy (non-hydrogen) atoms. The van der Waals surface area contributed by atoms with Gasteiger partial charge in [-0.05, 0) is 56.8 Å². The van der Waals surface area contributed by atoms with Crippen LogP contribution in [0.2, 0.25) is 0 Å². The number of esters is 1. The highest BCUT2D eigenvalue weighted by Crippen LogP contribution is 2.49. The molecule has 3 rings (SSSR count). The summed E-state index contributed by atoms with van der Waals surface area (Å²) in [6.45, 7) is 4.14. The number of ketones is 1. The summed E-state index contributed by atoms with van der Waals surface area (Å²) in [7, 11) is 0. The molecule has 0 saturated heterocycles. The number of carbonyl (C=O) groups excluding carboxylic acids is 2. The molecule has 0 amide bonds. The number of hydrogen-bond donors (Lipinski definition) is 0. The molecule has 0 bridgehead atoms. The van der Waals surface area contributed by atoms with Crippen molar-refractivity contribution in [2.24, 2.45) is 5.41 Å². The van der Waals surface area contributed by atoms with E-state index >= 15 is 0 Å². The molecule has 1 saturated carbocycles. The van der Waals surface area contributed by atoms with Gasteiger partial charge in [0.15, 0.2) is 0 Å². The number of rotatable bonds is 0. The second kappa shape index (κ2) is 4.19. The minimum absolute atomic E-state index is 0.279. The highest BCUT2D eigenvalue weighted by molar-refractivity contribution is 5.90. The van der Waals surface area contributed by atoms with E-state index in [9.17, 15) is 9.59 Å². The lowest BCUT2D eigenvalue weighted by Gasteiger charge is -2.40. The zero-order valence-electron chi connectivity index (χ0n) is 11.4. The lowest BCUT2D eigenvalue weighted by atomic mass is 9.62. The van der Waals surface area contributed by atoms with Crippen molar-refractivity contribution < 1.29 is 14.3 Å². The average molecular weight is 258 g/mol. The molecule has 1 heterocycles. The van der Waals surface area contributed by atoms with Crippen molar-refractivity contribution >= 4 is 11.8 Å². The van der Waals surface area contributed by atoms with Crippen LogP contribution < -0.4 is 0 Å². The molecule has 1 aliphatic heterocycles. The van der Waals surface area contributed by atoms with E-state index < -0.39 is 0 Å². The first-order chi connectivity index (χ1) is 9.02. The summed E-state index contributed by atoms with van der Waals surface area (Å²) in [6, 6.07) is 0. The summed E-state index contributed by atoms with van der Waals surface area (Å²) in [5.74, 6) is 0.750. The van der Waals surface area contributed by atoms with Crippen LogP contribution in [0.4, 0.5) is 0 Å². The normalized spacial score (nSPS) is 34.6. The maximum atomic E-state index is 12.2. The average Bonchev–Trinajstić information content (AvgIpc) is 2.79. The third kappa shape index (κ3) is 1.79. The fourth-order valence-corrected chi connectivity index (χ4v) is 3.57. The Labute approximate surface area is 113 Å². The lowest BCUT2D eigenvalue weighted by Crippen LogP contribution is -2.36. The van der Waals surface area contributed by atoms with Gasteiger partial charge in [0.2, 0.25) is 0 Å². The largest absolute Gasteiger partial charge is 0.423 e. The van der Waals surface area contributed by atoms with Crippen LogP contribution in [0.5, 0.6) is 0 Å². The van der Waals surface area contributed by atoms with E-state index in [1.54, 1.807) is 6.08 Å². The number of hydrogen-bond acceptors (Lipinski definition) is 3. The molecule has 3 aliphatic rings. The van der Waals surface area contributed by atoms with Crippen molar-refractivity contribution in [3.63, 3.8) is 0 Å². The monoisotopic (exact) mass is 258 g/mol. The first kappa shape index (κ1) is 12.4. The van der Waals surface area contributed by atoms with E-state index in [4.69, 9.17) is 4.74 Å². The van der Waals surface area contributed by atoms with Crippen LogP contribution in [0.15, 0.2) is 34.6 Å². The minimum atomic E-state index is -0.298. The highest BCUT2D eigenvalue weighted by Gasteiger charge is 2.43. The molecule has 3 heteroatoms. The Morgan fingerprint density at radius 3 is 2.63 bits per heavy atom. The molecule has 2 aliphatic carbocycles. The quantitative estimate of drug-likeness (QED) is 0.626. The Hall–Kier alpha value is -1.64. The SMILES string of the molecule is CC1=C2CCCC(=O)[C@@]2(C)CC/C1=C1/C=CC(=O)O1. The van der Waals surface area contributed by atoms with Crippen LogP contribution >= 0.6 is 0 Å². The number of allylic oxidation sites excluding steroid dienone is 4. The predicted octanol–water partition coefficient (Wildman–Crippen LogP) is 3.22. The van der Waals surface area contributed by atoms with Gasteiger partial charge in [0.1, 0.15) is 11.5 Å². The van der Waals surface area contributed by atoms with E-state index in [1.165, 1.54) is 11.6 Å². The first-order valence-corrected chi connectivity index (χ1v) is 6.89. The van der Waals surface area contributed by atoms with Gasteiger partial charge < -0.3 is 4.74 Å². The molecule has 0 N–H and O–H groups in total. The van der Waals surface area contributed by atoms with Gasteiger partial charge in [-0.25, -0.2) is 4.79 Å². The fraction of sp³-hybridized carbons (Fsp3) is 0.500. The lowest BCUT2D eigenvalue weighted by molar-refractivity contribution is -0.132. The molecule has 0 spiro atoms. The summed E-state index contributed by atoms with van der Waals surface area (Å²) >= 11 is 0. The summed E-state index contributed by atoms with van der Waals surface area (Å²) in [4.78, 5) is 23.4. The molecule has 0 unspecified atom stereocenters. The molecule has 0 radical (unpaired) electrons. The zero-order chi connectivity index (χ0) is 13.6. The van der Waals surface area contributed by atoms with Gasteiger partial charge in [0.25, 0.3) is 0 Å². The second-order valence-electron chi connectivity index (χ2n) is 5.81. The van der Waals surface area contributed by atoms with Crippen molar-refractivity contribution in [3.8, 4) is 0 Å². The molecule has 0 aromatic heterocycles. The van der Waals surface area contributed by atoms with E-state index in [0.29, 0.717) is 18.0 Å². The van der Waals surface area contributed by atoms with Crippen molar-refractivity contribution in [3.05, 3.63) is 34.6 Å². The molecule has 3 nitrogen and oxygen atoms in total. The number of fused-ring (bicyclic) bond motifs is 1. The predicted molar refractivity (Wildman–Crippen MR) is 71.2 cm³/mol. The Kier molecular flexibility index (Phi) is 2.73. The number of ether oxygens (including phenoxy) is 1. The van der Waals surface area contributed by atoms with Gasteiger partial charge in [0, 0.05) is 17.9 Å². The van der Waals surface area contributed by atoms with Crippen LogP contribution in [0.25, 0.3) is 0 Å². The number of Topliss-reactive ketones (excluding diaryl/α,β-unsaturated/α-hetero) is 1. The van der Waals surface area contributed by atoms with Gasteiger partial charge in [-0.3, -0.25) is 4.79 Å². The van der Waals surface area contributed by atoms with Crippen molar-refractivity contribution in [1.82, 2.24) is 0 Å². The molecular weight excluding hydrogens is 240 g/mol. The standard InChI is InChI=1S/C16H18O3/c1-10-11(13-6-7-15(18)19-13)8-9-16(2)12(10)4-3-5-14(16)17/h6-7H,3-5,8-9H2,1-2H3/b13-11+/t16-/m0/s1. The Bertz CT molecular complexity index is 563. The minimum Gasteiger partial charge on any atom is -0.423 e. The first-order valence-electron chi connectivity index (χ1n) is 6.89. The third-order valence-corrected chi connectivity index (χ3v) is 4.77. The topological polar surface area (TPSA) is 43.4 Å². The zero-order valence-corrected chi connectivity index (χ0v) is 11.4. The van der Waals surface area contributed by atoms with Crippen molar-refractivity contribution in [2.45, 2.75) is 46.0 Å². The molecule has 100 valence electrons. The summed E-state index contributed by atoms with van der Waals surface area (Å²) in [5, 5.41) is 0. The van der Waals surface area contributed by atoms with Crippen LogP contribution in [-0.4, -0.2) is 11.8 Å². The summed E-state index contributed by atoms with van der Waals surface area (Å²) in [6.07, 6.45) is 7.48. The van der Waals surface area contributed by atoms with Crippen molar-refractivity contribution in [1.29, 1.82) is 0 Å². The maximum Gasteiger partial charge on any atom is 0.336 e. The van der Waals surface area contributed by atoms with Gasteiger partial charge in [-0.1, -0.05) is 5.57 Å². The Morgan fingerprint density at radius 2 is 1.95 bits per heavy atom. The molecular formula is C16H18O3. The number of carbonyl (C=O) groups is 2. The molecule has 0 aromatic rings. The van der Waals surface area contributed by atoms with Crippen LogP contribution in [0.3, 0.4) is 0 Å². The van der Waals surface area contributed by atoms with Gasteiger partial charge >= 0.3 is 5.97 Å². The van der Waals surface area contributed by atoms with Crippen molar-refractivity contribution in [2.75, 3.05) is 0 Å². The van der Waals surface area contributed by atoms with Gasteiger partial charge in [0.05, 0.1) is 0 Å². The summed E-state index contributed by atoms with van der Waals surface area (Å²) < 4.78 is 5.22. The smallest absolute Gasteiger partial charge is 0.336 e. The number of cyclic esters (lactones) is 1.